The van der Waals surface area contributed by atoms with E-state index in [4.69, 9.17) is 0 Å². The number of aryl methyl sites for hydroxylation is 1. The molecule has 0 heterocycles. The lowest BCUT2D eigenvalue weighted by atomic mass is 10.0. The first-order chi connectivity index (χ1) is 8.06. The van der Waals surface area contributed by atoms with E-state index in [-0.39, 0.29) is 11.7 Å². The minimum atomic E-state index is -0.0972. The summed E-state index contributed by atoms with van der Waals surface area (Å²) in [5, 5.41) is 12.5. The molecule has 0 saturated heterocycles. The van der Waals surface area contributed by atoms with Gasteiger partial charge in [0.15, 0.2) is 0 Å². The molecule has 0 aromatic heterocycles. The number of hydrogen-bond donors (Lipinski definition) is 2. The van der Waals surface area contributed by atoms with E-state index in [1.807, 2.05) is 6.92 Å². The Morgan fingerprint density at radius 1 is 1.47 bits per heavy atom. The van der Waals surface area contributed by atoms with Crippen molar-refractivity contribution in [3.8, 4) is 5.75 Å². The summed E-state index contributed by atoms with van der Waals surface area (Å²) in [7, 11) is 0. The van der Waals surface area contributed by atoms with Crippen molar-refractivity contribution in [2.45, 2.75) is 33.1 Å². The number of aromatic hydroxyl groups is 1. The van der Waals surface area contributed by atoms with Gasteiger partial charge in [-0.15, -0.1) is 0 Å². The van der Waals surface area contributed by atoms with Crippen molar-refractivity contribution < 1.29 is 9.90 Å². The molecule has 1 aliphatic rings. The molecule has 3 heteroatoms. The van der Waals surface area contributed by atoms with Crippen LogP contribution in [0.15, 0.2) is 18.2 Å². The Labute approximate surface area is 102 Å². The summed E-state index contributed by atoms with van der Waals surface area (Å²) in [4.78, 5) is 11.9. The summed E-state index contributed by atoms with van der Waals surface area (Å²) < 4.78 is 0. The van der Waals surface area contributed by atoms with E-state index < -0.39 is 0 Å². The van der Waals surface area contributed by atoms with Gasteiger partial charge >= 0.3 is 0 Å². The Bertz CT molecular complexity index is 436. The average molecular weight is 233 g/mol. The van der Waals surface area contributed by atoms with Crippen molar-refractivity contribution in [1.82, 2.24) is 5.32 Å². The molecule has 0 radical (unpaired) electrons. The fourth-order valence-electron chi connectivity index (χ4n) is 1.95. The molecule has 1 aromatic rings. The monoisotopic (exact) mass is 233 g/mol. The van der Waals surface area contributed by atoms with Crippen LogP contribution in [0.4, 0.5) is 0 Å². The third-order valence-corrected chi connectivity index (χ3v) is 3.80. The van der Waals surface area contributed by atoms with Crippen LogP contribution in [-0.2, 0) is 0 Å². The topological polar surface area (TPSA) is 49.3 Å². The molecule has 1 saturated carbocycles. The van der Waals surface area contributed by atoms with Crippen molar-refractivity contribution in [2.24, 2.45) is 5.41 Å². The molecule has 0 unspecified atom stereocenters. The predicted octanol–water partition coefficient (Wildman–Crippen LogP) is 2.62. The van der Waals surface area contributed by atoms with Crippen molar-refractivity contribution in [2.75, 3.05) is 6.54 Å². The minimum absolute atomic E-state index is 0.0972. The van der Waals surface area contributed by atoms with Crippen LogP contribution in [0.3, 0.4) is 0 Å². The van der Waals surface area contributed by atoms with E-state index >= 15 is 0 Å². The highest BCUT2D eigenvalue weighted by atomic mass is 16.3. The fraction of sp³-hybridized carbons (Fsp3) is 0.500. The number of phenolic OH excluding ortho intramolecular Hbond substituents is 1. The third kappa shape index (κ3) is 2.60. The van der Waals surface area contributed by atoms with E-state index in [0.717, 1.165) is 18.5 Å². The summed E-state index contributed by atoms with van der Waals surface area (Å²) in [6, 6.07) is 5.03. The number of hydrogen-bond acceptors (Lipinski definition) is 2. The summed E-state index contributed by atoms with van der Waals surface area (Å²) in [5.41, 5.74) is 1.66. The Kier molecular flexibility index (Phi) is 3.09. The molecule has 1 aliphatic carbocycles. The number of benzene rings is 1. The zero-order chi connectivity index (χ0) is 12.5. The summed E-state index contributed by atoms with van der Waals surface area (Å²) in [6.45, 7) is 4.72. The van der Waals surface area contributed by atoms with Crippen LogP contribution in [0.2, 0.25) is 0 Å². The van der Waals surface area contributed by atoms with E-state index in [1.54, 1.807) is 12.1 Å². The minimum Gasteiger partial charge on any atom is -0.508 e. The van der Waals surface area contributed by atoms with Gasteiger partial charge in [0.25, 0.3) is 5.91 Å². The molecule has 1 fully saturated rings. The van der Waals surface area contributed by atoms with Crippen molar-refractivity contribution in [3.63, 3.8) is 0 Å². The second kappa shape index (κ2) is 4.40. The van der Waals surface area contributed by atoms with Crippen LogP contribution in [0, 0.1) is 12.3 Å². The van der Waals surface area contributed by atoms with Gasteiger partial charge in [-0.2, -0.15) is 0 Å². The van der Waals surface area contributed by atoms with E-state index in [2.05, 4.69) is 12.2 Å². The smallest absolute Gasteiger partial charge is 0.251 e. The predicted molar refractivity (Wildman–Crippen MR) is 67.1 cm³/mol. The Hall–Kier alpha value is -1.51. The lowest BCUT2D eigenvalue weighted by Gasteiger charge is -2.13. The summed E-state index contributed by atoms with van der Waals surface area (Å²) in [5.74, 6) is 0.0781. The second-order valence-electron chi connectivity index (χ2n) is 5.04. The van der Waals surface area contributed by atoms with E-state index in [9.17, 15) is 9.90 Å². The first kappa shape index (κ1) is 12.0. The van der Waals surface area contributed by atoms with Crippen LogP contribution >= 0.6 is 0 Å². The van der Waals surface area contributed by atoms with Crippen LogP contribution in [-0.4, -0.2) is 17.6 Å². The van der Waals surface area contributed by atoms with Crippen molar-refractivity contribution in [1.29, 1.82) is 0 Å². The standard InChI is InChI=1S/C14H19NO2/c1-3-14(6-7-14)9-15-13(17)11-5-4-10(2)12(16)8-11/h4-5,8,16H,3,6-7,9H2,1-2H3,(H,15,17). The zero-order valence-electron chi connectivity index (χ0n) is 10.4. The lowest BCUT2D eigenvalue weighted by molar-refractivity contribution is 0.0944. The quantitative estimate of drug-likeness (QED) is 0.839. The Balaban J connectivity index is 1.97. The molecule has 1 amide bonds. The number of carbonyl (C=O) groups excluding carboxylic acids is 1. The Morgan fingerprint density at radius 2 is 2.18 bits per heavy atom. The lowest BCUT2D eigenvalue weighted by Crippen LogP contribution is -2.29. The number of nitrogens with one attached hydrogen (secondary N) is 1. The highest BCUT2D eigenvalue weighted by molar-refractivity contribution is 5.94. The average Bonchev–Trinajstić information content (AvgIpc) is 3.10. The van der Waals surface area contributed by atoms with Gasteiger partial charge < -0.3 is 10.4 Å². The first-order valence-corrected chi connectivity index (χ1v) is 6.14. The van der Waals surface area contributed by atoms with E-state index in [0.29, 0.717) is 11.0 Å². The van der Waals surface area contributed by atoms with Gasteiger partial charge in [-0.05, 0) is 49.3 Å². The molecular weight excluding hydrogens is 214 g/mol. The van der Waals surface area contributed by atoms with Gasteiger partial charge in [-0.25, -0.2) is 0 Å². The number of carbonyl (C=O) groups is 1. The molecule has 0 spiro atoms. The molecule has 1 aromatic carbocycles. The van der Waals surface area contributed by atoms with Crippen LogP contribution in [0.5, 0.6) is 5.75 Å². The molecule has 0 atom stereocenters. The number of phenols is 1. The molecule has 2 rings (SSSR count). The Morgan fingerprint density at radius 3 is 2.71 bits per heavy atom. The van der Waals surface area contributed by atoms with Crippen LogP contribution < -0.4 is 5.32 Å². The normalized spacial score (nSPS) is 16.6. The van der Waals surface area contributed by atoms with E-state index in [1.165, 1.54) is 18.9 Å². The van der Waals surface area contributed by atoms with Gasteiger partial charge in [0.1, 0.15) is 5.75 Å². The molecule has 2 N–H and O–H groups in total. The summed E-state index contributed by atoms with van der Waals surface area (Å²) in [6.07, 6.45) is 3.54. The number of rotatable bonds is 4. The van der Waals surface area contributed by atoms with Gasteiger partial charge in [0.2, 0.25) is 0 Å². The van der Waals surface area contributed by atoms with Gasteiger partial charge in [-0.3, -0.25) is 4.79 Å². The van der Waals surface area contributed by atoms with Crippen molar-refractivity contribution in [3.05, 3.63) is 29.3 Å². The van der Waals surface area contributed by atoms with Crippen LogP contribution in [0.25, 0.3) is 0 Å². The van der Waals surface area contributed by atoms with Crippen molar-refractivity contribution >= 4 is 5.91 Å². The maximum absolute atomic E-state index is 11.9. The maximum atomic E-state index is 11.9. The number of amides is 1. The molecule has 3 nitrogen and oxygen atoms in total. The van der Waals surface area contributed by atoms with Gasteiger partial charge in [0.05, 0.1) is 0 Å². The SMILES string of the molecule is CCC1(CNC(=O)c2ccc(C)c(O)c2)CC1. The zero-order valence-corrected chi connectivity index (χ0v) is 10.4. The second-order valence-corrected chi connectivity index (χ2v) is 5.04. The molecule has 0 bridgehead atoms. The molecule has 0 aliphatic heterocycles. The van der Waals surface area contributed by atoms with Gasteiger partial charge in [0, 0.05) is 12.1 Å². The molecular formula is C14H19NO2. The maximum Gasteiger partial charge on any atom is 0.251 e. The van der Waals surface area contributed by atoms with Gasteiger partial charge in [-0.1, -0.05) is 13.0 Å². The largest absolute Gasteiger partial charge is 0.508 e. The molecule has 17 heavy (non-hydrogen) atoms. The first-order valence-electron chi connectivity index (χ1n) is 6.14. The summed E-state index contributed by atoms with van der Waals surface area (Å²) >= 11 is 0. The fourth-order valence-corrected chi connectivity index (χ4v) is 1.95. The van der Waals surface area contributed by atoms with Crippen LogP contribution in [0.1, 0.15) is 42.1 Å². The molecule has 92 valence electrons. The highest BCUT2D eigenvalue weighted by Crippen LogP contribution is 2.47. The third-order valence-electron chi connectivity index (χ3n) is 3.80. The highest BCUT2D eigenvalue weighted by Gasteiger charge is 2.40.